The fraction of sp³-hybridized carbons (Fsp3) is 0.294. The highest BCUT2D eigenvalue weighted by atomic mass is 79.9. The van der Waals surface area contributed by atoms with Crippen molar-refractivity contribution in [2.45, 2.75) is 25.8 Å². The molecule has 4 heteroatoms. The number of hydrogen-bond donors (Lipinski definition) is 1. The second-order valence-electron chi connectivity index (χ2n) is 5.01. The second-order valence-corrected chi connectivity index (χ2v) is 6.71. The first-order valence-corrected chi connectivity index (χ1v) is 8.58. The van der Waals surface area contributed by atoms with Crippen LogP contribution >= 0.6 is 39.1 Å². The normalized spacial score (nSPS) is 12.4. The molecule has 1 unspecified atom stereocenters. The maximum absolute atomic E-state index is 6.22. The van der Waals surface area contributed by atoms with Crippen molar-refractivity contribution in [1.29, 1.82) is 0 Å². The molecule has 0 aliphatic carbocycles. The molecule has 0 aliphatic rings. The first-order valence-electron chi connectivity index (χ1n) is 7.03. The molecule has 0 bridgehead atoms. The summed E-state index contributed by atoms with van der Waals surface area (Å²) in [6.45, 7) is 3.15. The van der Waals surface area contributed by atoms with E-state index in [1.807, 2.05) is 24.3 Å². The summed E-state index contributed by atoms with van der Waals surface area (Å²) in [5.74, 6) is 0. The quantitative estimate of drug-likeness (QED) is 0.638. The number of benzene rings is 2. The van der Waals surface area contributed by atoms with E-state index in [9.17, 15) is 0 Å². The van der Waals surface area contributed by atoms with E-state index in [-0.39, 0.29) is 6.04 Å². The minimum Gasteiger partial charge on any atom is -0.310 e. The monoisotopic (exact) mass is 385 g/mol. The fourth-order valence-corrected chi connectivity index (χ4v) is 2.77. The lowest BCUT2D eigenvalue weighted by Crippen LogP contribution is -2.24. The van der Waals surface area contributed by atoms with Crippen LogP contribution in [0.3, 0.4) is 0 Å². The first-order chi connectivity index (χ1) is 10.1. The van der Waals surface area contributed by atoms with Gasteiger partial charge in [0.05, 0.1) is 5.02 Å². The van der Waals surface area contributed by atoms with E-state index in [1.165, 1.54) is 11.1 Å². The van der Waals surface area contributed by atoms with Crippen molar-refractivity contribution < 1.29 is 0 Å². The van der Waals surface area contributed by atoms with Crippen LogP contribution in [-0.2, 0) is 6.42 Å². The lowest BCUT2D eigenvalue weighted by Gasteiger charge is -2.20. The smallest absolute Gasteiger partial charge is 0.0551 e. The Morgan fingerprint density at radius 2 is 1.81 bits per heavy atom. The van der Waals surface area contributed by atoms with Crippen LogP contribution in [0.5, 0.6) is 0 Å². The van der Waals surface area contributed by atoms with Gasteiger partial charge in [-0.1, -0.05) is 48.3 Å². The molecule has 2 rings (SSSR count). The van der Waals surface area contributed by atoms with Crippen LogP contribution in [0.15, 0.2) is 46.9 Å². The molecule has 1 nitrogen and oxygen atoms in total. The van der Waals surface area contributed by atoms with E-state index in [1.54, 1.807) is 0 Å². The Morgan fingerprint density at radius 3 is 2.43 bits per heavy atom. The molecule has 0 spiro atoms. The van der Waals surface area contributed by atoms with Gasteiger partial charge in [-0.15, -0.1) is 0 Å². The predicted molar refractivity (Wildman–Crippen MR) is 95.3 cm³/mol. The van der Waals surface area contributed by atoms with Crippen LogP contribution in [0.25, 0.3) is 0 Å². The highest BCUT2D eigenvalue weighted by Crippen LogP contribution is 2.28. The molecule has 112 valence electrons. The predicted octanol–water partition coefficient (Wildman–Crippen LogP) is 6.04. The van der Waals surface area contributed by atoms with Crippen LogP contribution in [0.1, 0.15) is 30.5 Å². The third-order valence-electron chi connectivity index (χ3n) is 3.34. The molecule has 0 aromatic heterocycles. The molecule has 21 heavy (non-hydrogen) atoms. The third-order valence-corrected chi connectivity index (χ3v) is 4.82. The van der Waals surface area contributed by atoms with E-state index < -0.39 is 0 Å². The molecule has 0 aliphatic heterocycles. The van der Waals surface area contributed by atoms with Crippen molar-refractivity contribution >= 4 is 39.1 Å². The van der Waals surface area contributed by atoms with Crippen molar-refractivity contribution in [2.75, 3.05) is 6.54 Å². The maximum atomic E-state index is 6.22. The summed E-state index contributed by atoms with van der Waals surface area (Å²) in [4.78, 5) is 0. The van der Waals surface area contributed by atoms with Crippen molar-refractivity contribution in [3.8, 4) is 0 Å². The Bertz CT molecular complexity index is 584. The molecular weight excluding hydrogens is 369 g/mol. The largest absolute Gasteiger partial charge is 0.310 e. The summed E-state index contributed by atoms with van der Waals surface area (Å²) in [6, 6.07) is 14.4. The van der Waals surface area contributed by atoms with Crippen LogP contribution < -0.4 is 5.32 Å². The molecule has 0 fully saturated rings. The zero-order valence-corrected chi connectivity index (χ0v) is 15.0. The van der Waals surface area contributed by atoms with Gasteiger partial charge in [-0.3, -0.25) is 0 Å². The van der Waals surface area contributed by atoms with Crippen molar-refractivity contribution in [3.05, 3.63) is 68.1 Å². The number of nitrogens with one attached hydrogen (secondary N) is 1. The zero-order valence-electron chi connectivity index (χ0n) is 11.9. The van der Waals surface area contributed by atoms with Gasteiger partial charge in [-0.05, 0) is 70.7 Å². The Hall–Kier alpha value is -0.540. The molecule has 0 saturated heterocycles. The average Bonchev–Trinajstić information content (AvgIpc) is 2.48. The summed E-state index contributed by atoms with van der Waals surface area (Å²) in [6.07, 6.45) is 2.01. The summed E-state index contributed by atoms with van der Waals surface area (Å²) in [5, 5.41) is 5.10. The van der Waals surface area contributed by atoms with E-state index in [0.29, 0.717) is 0 Å². The summed E-state index contributed by atoms with van der Waals surface area (Å²) in [7, 11) is 0. The molecule has 0 heterocycles. The number of rotatable bonds is 6. The average molecular weight is 387 g/mol. The highest BCUT2D eigenvalue weighted by molar-refractivity contribution is 9.10. The van der Waals surface area contributed by atoms with Crippen LogP contribution in [0.4, 0.5) is 0 Å². The van der Waals surface area contributed by atoms with Gasteiger partial charge in [0.2, 0.25) is 0 Å². The molecule has 2 aromatic rings. The van der Waals surface area contributed by atoms with Crippen LogP contribution in [0.2, 0.25) is 10.0 Å². The molecule has 0 saturated carbocycles. The fourth-order valence-electron chi connectivity index (χ4n) is 2.21. The van der Waals surface area contributed by atoms with E-state index in [2.05, 4.69) is 46.4 Å². The van der Waals surface area contributed by atoms with E-state index >= 15 is 0 Å². The summed E-state index contributed by atoms with van der Waals surface area (Å²) < 4.78 is 0.925. The van der Waals surface area contributed by atoms with Gasteiger partial charge < -0.3 is 5.32 Å². The molecular formula is C17H18BrCl2N. The van der Waals surface area contributed by atoms with Crippen molar-refractivity contribution in [2.24, 2.45) is 0 Å². The van der Waals surface area contributed by atoms with Crippen LogP contribution in [-0.4, -0.2) is 6.54 Å². The van der Waals surface area contributed by atoms with Gasteiger partial charge in [-0.2, -0.15) is 0 Å². The van der Waals surface area contributed by atoms with Gasteiger partial charge in [-0.25, -0.2) is 0 Å². The molecule has 0 radical (unpaired) electrons. The minimum absolute atomic E-state index is 0.247. The molecule has 1 N–H and O–H groups in total. The van der Waals surface area contributed by atoms with Gasteiger partial charge in [0.1, 0.15) is 0 Å². The van der Waals surface area contributed by atoms with E-state index in [0.717, 1.165) is 33.9 Å². The highest BCUT2D eigenvalue weighted by Gasteiger charge is 2.13. The Balaban J connectivity index is 2.20. The summed E-state index contributed by atoms with van der Waals surface area (Å²) >= 11 is 15.6. The van der Waals surface area contributed by atoms with Gasteiger partial charge in [0, 0.05) is 15.5 Å². The lowest BCUT2D eigenvalue weighted by atomic mass is 9.99. The topological polar surface area (TPSA) is 12.0 Å². The van der Waals surface area contributed by atoms with Gasteiger partial charge in [0.15, 0.2) is 0 Å². The molecule has 2 aromatic carbocycles. The van der Waals surface area contributed by atoms with E-state index in [4.69, 9.17) is 23.2 Å². The third kappa shape index (κ3) is 5.00. The zero-order chi connectivity index (χ0) is 15.2. The lowest BCUT2D eigenvalue weighted by molar-refractivity contribution is 0.529. The number of halogens is 3. The Morgan fingerprint density at radius 1 is 1.10 bits per heavy atom. The first kappa shape index (κ1) is 16.8. The standard InChI is InChI=1S/C17H18BrCl2N/c1-2-9-21-17(10-12-3-6-14(19)7-4-12)13-5-8-15(18)16(20)11-13/h3-8,11,17,21H,2,9-10H2,1H3. The maximum Gasteiger partial charge on any atom is 0.0551 e. The van der Waals surface area contributed by atoms with Crippen molar-refractivity contribution in [1.82, 2.24) is 5.32 Å². The van der Waals surface area contributed by atoms with Crippen LogP contribution in [0, 0.1) is 0 Å². The minimum atomic E-state index is 0.247. The summed E-state index contributed by atoms with van der Waals surface area (Å²) in [5.41, 5.74) is 2.46. The SMILES string of the molecule is CCCNC(Cc1ccc(Cl)cc1)c1ccc(Br)c(Cl)c1. The number of hydrogen-bond acceptors (Lipinski definition) is 1. The Labute approximate surface area is 144 Å². The van der Waals surface area contributed by atoms with Crippen molar-refractivity contribution in [3.63, 3.8) is 0 Å². The van der Waals surface area contributed by atoms with Gasteiger partial charge in [0.25, 0.3) is 0 Å². The Kier molecular flexibility index (Phi) is 6.56. The molecule has 1 atom stereocenters. The van der Waals surface area contributed by atoms with Gasteiger partial charge >= 0.3 is 0 Å². The second kappa shape index (κ2) is 8.19. The molecule has 0 amide bonds.